The molecule has 1 aromatic carbocycles. The minimum absolute atomic E-state index is 0.395. The molecule has 0 saturated carbocycles. The lowest BCUT2D eigenvalue weighted by Crippen LogP contribution is -2.51. The van der Waals surface area contributed by atoms with Gasteiger partial charge in [-0.1, -0.05) is 13.0 Å². The normalized spacial score (nSPS) is 26.4. The summed E-state index contributed by atoms with van der Waals surface area (Å²) < 4.78 is 10.9. The van der Waals surface area contributed by atoms with Crippen LogP contribution in [0.4, 0.5) is 0 Å². The fraction of sp³-hybridized carbons (Fsp3) is 0.647. The lowest BCUT2D eigenvalue weighted by Gasteiger charge is -2.43. The van der Waals surface area contributed by atoms with Crippen molar-refractivity contribution in [2.75, 3.05) is 40.0 Å². The Balaban J connectivity index is 1.88. The van der Waals surface area contributed by atoms with Crippen LogP contribution < -0.4 is 10.1 Å². The highest BCUT2D eigenvalue weighted by Gasteiger charge is 2.33. The Kier molecular flexibility index (Phi) is 4.78. The number of ether oxygens (including phenoxy) is 2. The molecule has 0 radical (unpaired) electrons. The first-order chi connectivity index (χ1) is 10.3. The zero-order valence-corrected chi connectivity index (χ0v) is 13.1. The number of nitrogens with zero attached hydrogens (tertiary/aromatic N) is 1. The average Bonchev–Trinajstić information content (AvgIpc) is 2.55. The van der Waals surface area contributed by atoms with Crippen molar-refractivity contribution < 1.29 is 9.47 Å². The molecule has 1 aromatic rings. The molecular formula is C17H26N2O2. The lowest BCUT2D eigenvalue weighted by atomic mass is 9.82. The first kappa shape index (κ1) is 14.8. The Morgan fingerprint density at radius 1 is 1.33 bits per heavy atom. The number of hydrogen-bond donors (Lipinski definition) is 1. The summed E-state index contributed by atoms with van der Waals surface area (Å²) >= 11 is 0. The summed E-state index contributed by atoms with van der Waals surface area (Å²) in [5, 5.41) is 3.70. The van der Waals surface area contributed by atoms with Gasteiger partial charge in [0.2, 0.25) is 0 Å². The largest absolute Gasteiger partial charge is 0.497 e. The van der Waals surface area contributed by atoms with Gasteiger partial charge in [0.25, 0.3) is 0 Å². The fourth-order valence-electron chi connectivity index (χ4n) is 3.66. The number of likely N-dealkylation sites (N-methyl/N-ethyl adjacent to an activating group) is 1. The second-order valence-electron chi connectivity index (χ2n) is 5.85. The van der Waals surface area contributed by atoms with Gasteiger partial charge in [0.05, 0.1) is 20.3 Å². The van der Waals surface area contributed by atoms with E-state index in [2.05, 4.69) is 35.3 Å². The van der Waals surface area contributed by atoms with Gasteiger partial charge in [0.1, 0.15) is 5.75 Å². The Hall–Kier alpha value is -1.10. The summed E-state index contributed by atoms with van der Waals surface area (Å²) in [6.07, 6.45) is 2.38. The maximum absolute atomic E-state index is 5.51. The third-order valence-corrected chi connectivity index (χ3v) is 4.72. The molecule has 1 fully saturated rings. The minimum Gasteiger partial charge on any atom is -0.497 e. The highest BCUT2D eigenvalue weighted by molar-refractivity contribution is 5.40. The molecule has 3 rings (SSSR count). The highest BCUT2D eigenvalue weighted by Crippen LogP contribution is 2.35. The minimum atomic E-state index is 0.395. The van der Waals surface area contributed by atoms with E-state index in [9.17, 15) is 0 Å². The Morgan fingerprint density at radius 3 is 2.86 bits per heavy atom. The van der Waals surface area contributed by atoms with E-state index in [1.54, 1.807) is 7.11 Å². The molecule has 4 heteroatoms. The maximum atomic E-state index is 5.51. The van der Waals surface area contributed by atoms with Crippen LogP contribution in [-0.4, -0.2) is 50.9 Å². The van der Waals surface area contributed by atoms with E-state index >= 15 is 0 Å². The topological polar surface area (TPSA) is 33.7 Å². The predicted octanol–water partition coefficient (Wildman–Crippen LogP) is 1.99. The zero-order chi connectivity index (χ0) is 14.7. The summed E-state index contributed by atoms with van der Waals surface area (Å²) in [5.74, 6) is 0.958. The van der Waals surface area contributed by atoms with E-state index in [0.29, 0.717) is 12.1 Å². The van der Waals surface area contributed by atoms with E-state index in [4.69, 9.17) is 9.47 Å². The molecule has 0 bridgehead atoms. The smallest absolute Gasteiger partial charge is 0.119 e. The van der Waals surface area contributed by atoms with Crippen LogP contribution in [0.25, 0.3) is 0 Å². The van der Waals surface area contributed by atoms with Gasteiger partial charge in [-0.3, -0.25) is 4.90 Å². The molecule has 1 aliphatic carbocycles. The maximum Gasteiger partial charge on any atom is 0.119 e. The molecule has 4 nitrogen and oxygen atoms in total. The Labute approximate surface area is 127 Å². The Morgan fingerprint density at radius 2 is 2.14 bits per heavy atom. The molecule has 2 unspecified atom stereocenters. The second kappa shape index (κ2) is 6.77. The Bertz CT molecular complexity index is 472. The molecule has 0 aromatic heterocycles. The van der Waals surface area contributed by atoms with Crippen LogP contribution in [0.2, 0.25) is 0 Å². The number of aryl methyl sites for hydroxylation is 1. The van der Waals surface area contributed by atoms with Crippen molar-refractivity contribution in [2.45, 2.75) is 31.8 Å². The highest BCUT2D eigenvalue weighted by atomic mass is 16.5. The van der Waals surface area contributed by atoms with Crippen molar-refractivity contribution in [3.8, 4) is 5.75 Å². The number of rotatable bonds is 4. The number of nitrogens with one attached hydrogen (secondary N) is 1. The number of hydrogen-bond acceptors (Lipinski definition) is 4. The summed E-state index contributed by atoms with van der Waals surface area (Å²) in [5.41, 5.74) is 2.88. The van der Waals surface area contributed by atoms with Crippen LogP contribution in [0.3, 0.4) is 0 Å². The van der Waals surface area contributed by atoms with Crippen LogP contribution in [0.5, 0.6) is 5.75 Å². The predicted molar refractivity (Wildman–Crippen MR) is 83.9 cm³/mol. The van der Waals surface area contributed by atoms with Gasteiger partial charge in [-0.25, -0.2) is 0 Å². The van der Waals surface area contributed by atoms with Gasteiger partial charge in [0.15, 0.2) is 0 Å². The van der Waals surface area contributed by atoms with Crippen LogP contribution in [-0.2, 0) is 11.2 Å². The van der Waals surface area contributed by atoms with Gasteiger partial charge >= 0.3 is 0 Å². The molecule has 1 heterocycles. The van der Waals surface area contributed by atoms with Crippen LogP contribution in [0.15, 0.2) is 18.2 Å². The van der Waals surface area contributed by atoms with Crippen LogP contribution >= 0.6 is 0 Å². The van der Waals surface area contributed by atoms with Gasteiger partial charge < -0.3 is 14.8 Å². The molecule has 116 valence electrons. The van der Waals surface area contributed by atoms with E-state index in [1.807, 2.05) is 0 Å². The molecule has 0 spiro atoms. The molecule has 2 aliphatic rings. The van der Waals surface area contributed by atoms with Gasteiger partial charge in [-0.15, -0.1) is 0 Å². The molecule has 0 amide bonds. The third-order valence-electron chi connectivity index (χ3n) is 4.72. The van der Waals surface area contributed by atoms with Crippen molar-refractivity contribution in [1.29, 1.82) is 0 Å². The molecule has 21 heavy (non-hydrogen) atoms. The quantitative estimate of drug-likeness (QED) is 0.919. The summed E-state index contributed by atoms with van der Waals surface area (Å²) in [6, 6.07) is 7.49. The summed E-state index contributed by atoms with van der Waals surface area (Å²) in [7, 11) is 1.74. The zero-order valence-electron chi connectivity index (χ0n) is 13.1. The van der Waals surface area contributed by atoms with Crippen LogP contribution in [0.1, 0.15) is 30.5 Å². The molecule has 1 N–H and O–H groups in total. The van der Waals surface area contributed by atoms with Crippen molar-refractivity contribution in [1.82, 2.24) is 10.2 Å². The van der Waals surface area contributed by atoms with E-state index in [-0.39, 0.29) is 0 Å². The van der Waals surface area contributed by atoms with Crippen molar-refractivity contribution in [2.24, 2.45) is 0 Å². The van der Waals surface area contributed by atoms with Crippen molar-refractivity contribution >= 4 is 0 Å². The molecular weight excluding hydrogens is 264 g/mol. The summed E-state index contributed by atoms with van der Waals surface area (Å²) in [4.78, 5) is 2.60. The molecule has 1 aliphatic heterocycles. The van der Waals surface area contributed by atoms with Crippen LogP contribution in [0, 0.1) is 0 Å². The number of benzene rings is 1. The first-order valence-electron chi connectivity index (χ1n) is 8.05. The van der Waals surface area contributed by atoms with Gasteiger partial charge in [-0.2, -0.15) is 0 Å². The fourth-order valence-corrected chi connectivity index (χ4v) is 3.66. The second-order valence-corrected chi connectivity index (χ2v) is 5.85. The molecule has 2 atom stereocenters. The number of morpholine rings is 1. The van der Waals surface area contributed by atoms with Crippen molar-refractivity contribution in [3.63, 3.8) is 0 Å². The van der Waals surface area contributed by atoms with Gasteiger partial charge in [-0.05, 0) is 42.6 Å². The third kappa shape index (κ3) is 3.07. The summed E-state index contributed by atoms with van der Waals surface area (Å²) in [6.45, 7) is 6.99. The SMILES string of the molecule is CCNC1c2cc(OC)ccc2CCC1N1CCOCC1. The number of fused-ring (bicyclic) bond motifs is 1. The van der Waals surface area contributed by atoms with Crippen molar-refractivity contribution in [3.05, 3.63) is 29.3 Å². The molecule has 1 saturated heterocycles. The van der Waals surface area contributed by atoms with E-state index in [0.717, 1.165) is 45.0 Å². The monoisotopic (exact) mass is 290 g/mol. The number of methoxy groups -OCH3 is 1. The standard InChI is InChI=1S/C17H26N2O2/c1-3-18-17-15-12-14(20-2)6-4-13(15)5-7-16(17)19-8-10-21-11-9-19/h4,6,12,16-18H,3,5,7-11H2,1-2H3. The first-order valence-corrected chi connectivity index (χ1v) is 8.05. The average molecular weight is 290 g/mol. The van der Waals surface area contributed by atoms with Gasteiger partial charge in [0, 0.05) is 25.2 Å². The van der Waals surface area contributed by atoms with E-state index < -0.39 is 0 Å². The lowest BCUT2D eigenvalue weighted by molar-refractivity contribution is 0.00395. The van der Waals surface area contributed by atoms with E-state index in [1.165, 1.54) is 17.5 Å².